The lowest BCUT2D eigenvalue weighted by Crippen LogP contribution is -2.53. The van der Waals surface area contributed by atoms with Gasteiger partial charge < -0.3 is 15.0 Å². The molecule has 1 saturated carbocycles. The van der Waals surface area contributed by atoms with E-state index in [9.17, 15) is 4.79 Å². The van der Waals surface area contributed by atoms with Crippen LogP contribution in [-0.4, -0.2) is 48.7 Å². The smallest absolute Gasteiger partial charge is 0.224 e. The number of hydrogen-bond donors (Lipinski definition) is 1. The molecule has 4 heteroatoms. The molecular formula is C15H28N2O2. The number of rotatable bonds is 3. The largest absolute Gasteiger partial charge is 0.372 e. The molecule has 0 aromatic rings. The Hall–Kier alpha value is -0.610. The van der Waals surface area contributed by atoms with Crippen molar-refractivity contribution < 1.29 is 9.53 Å². The highest BCUT2D eigenvalue weighted by Crippen LogP contribution is 2.31. The van der Waals surface area contributed by atoms with Crippen molar-refractivity contribution in [2.75, 3.05) is 20.1 Å². The Morgan fingerprint density at radius 3 is 2.32 bits per heavy atom. The summed E-state index contributed by atoms with van der Waals surface area (Å²) in [6, 6.07) is 0. The summed E-state index contributed by atoms with van der Waals surface area (Å²) in [4.78, 5) is 14.5. The van der Waals surface area contributed by atoms with Crippen molar-refractivity contribution in [3.63, 3.8) is 0 Å². The maximum absolute atomic E-state index is 12.6. The van der Waals surface area contributed by atoms with Crippen molar-refractivity contribution in [2.45, 2.75) is 70.1 Å². The average molecular weight is 268 g/mol. The Balaban J connectivity index is 1.95. The van der Waals surface area contributed by atoms with Crippen molar-refractivity contribution in [2.24, 2.45) is 0 Å². The van der Waals surface area contributed by atoms with E-state index in [0.29, 0.717) is 12.3 Å². The zero-order chi connectivity index (χ0) is 13.9. The maximum Gasteiger partial charge on any atom is 0.224 e. The second kappa shape index (κ2) is 6.23. The standard InChI is InChI=1S/C15H28N2O2/c1-12-10-17(11-13(2)19-12)14(18)9-15(16-3)7-5-4-6-8-15/h12-13,16H,4-11H2,1-3H3. The molecular weight excluding hydrogens is 240 g/mol. The van der Waals surface area contributed by atoms with Crippen LogP contribution < -0.4 is 5.32 Å². The number of amides is 1. The first-order valence-corrected chi connectivity index (χ1v) is 7.67. The Morgan fingerprint density at radius 1 is 1.21 bits per heavy atom. The third-order valence-corrected chi connectivity index (χ3v) is 4.60. The van der Waals surface area contributed by atoms with Crippen LogP contribution in [0.25, 0.3) is 0 Å². The van der Waals surface area contributed by atoms with Crippen LogP contribution in [-0.2, 0) is 9.53 Å². The third kappa shape index (κ3) is 3.69. The zero-order valence-corrected chi connectivity index (χ0v) is 12.6. The summed E-state index contributed by atoms with van der Waals surface area (Å²) in [7, 11) is 2.00. The predicted octanol–water partition coefficient (Wildman–Crippen LogP) is 1.93. The van der Waals surface area contributed by atoms with Crippen LogP contribution in [0.15, 0.2) is 0 Å². The van der Waals surface area contributed by atoms with Gasteiger partial charge >= 0.3 is 0 Å². The quantitative estimate of drug-likeness (QED) is 0.850. The molecule has 2 fully saturated rings. The van der Waals surface area contributed by atoms with Crippen LogP contribution in [0, 0.1) is 0 Å². The van der Waals surface area contributed by atoms with Crippen molar-refractivity contribution in [1.82, 2.24) is 10.2 Å². The fourth-order valence-electron chi connectivity index (χ4n) is 3.53. The van der Waals surface area contributed by atoms with Crippen LogP contribution >= 0.6 is 0 Å². The van der Waals surface area contributed by atoms with E-state index < -0.39 is 0 Å². The van der Waals surface area contributed by atoms with Gasteiger partial charge in [0.25, 0.3) is 0 Å². The van der Waals surface area contributed by atoms with E-state index in [1.807, 2.05) is 25.8 Å². The summed E-state index contributed by atoms with van der Waals surface area (Å²) in [5, 5.41) is 3.43. The molecule has 0 spiro atoms. The number of morpholine rings is 1. The molecule has 1 amide bonds. The van der Waals surface area contributed by atoms with Crippen LogP contribution in [0.3, 0.4) is 0 Å². The molecule has 110 valence electrons. The molecule has 1 saturated heterocycles. The summed E-state index contributed by atoms with van der Waals surface area (Å²) >= 11 is 0. The number of ether oxygens (including phenoxy) is 1. The summed E-state index contributed by atoms with van der Waals surface area (Å²) in [5.41, 5.74) is 0.0418. The molecule has 1 heterocycles. The lowest BCUT2D eigenvalue weighted by Gasteiger charge is -2.40. The number of nitrogens with one attached hydrogen (secondary N) is 1. The van der Waals surface area contributed by atoms with E-state index in [1.165, 1.54) is 19.3 Å². The van der Waals surface area contributed by atoms with Gasteiger partial charge in [-0.2, -0.15) is 0 Å². The minimum Gasteiger partial charge on any atom is -0.372 e. The maximum atomic E-state index is 12.6. The monoisotopic (exact) mass is 268 g/mol. The predicted molar refractivity (Wildman–Crippen MR) is 76.1 cm³/mol. The van der Waals surface area contributed by atoms with Gasteiger partial charge in [0.2, 0.25) is 5.91 Å². The second-order valence-electron chi connectivity index (χ2n) is 6.32. The minimum atomic E-state index is 0.0418. The Morgan fingerprint density at radius 2 is 1.79 bits per heavy atom. The molecule has 1 aliphatic heterocycles. The fourth-order valence-corrected chi connectivity index (χ4v) is 3.53. The third-order valence-electron chi connectivity index (χ3n) is 4.60. The fraction of sp³-hybridized carbons (Fsp3) is 0.933. The first-order chi connectivity index (χ1) is 9.04. The molecule has 1 aliphatic carbocycles. The minimum absolute atomic E-state index is 0.0418. The highest BCUT2D eigenvalue weighted by atomic mass is 16.5. The van der Waals surface area contributed by atoms with E-state index in [1.54, 1.807) is 0 Å². The molecule has 2 rings (SSSR count). The van der Waals surface area contributed by atoms with Crippen LogP contribution in [0.2, 0.25) is 0 Å². The van der Waals surface area contributed by atoms with E-state index in [-0.39, 0.29) is 17.7 Å². The SMILES string of the molecule is CNC1(CC(=O)N2CC(C)OC(C)C2)CCCCC1. The molecule has 4 nitrogen and oxygen atoms in total. The molecule has 0 aromatic carbocycles. The van der Waals surface area contributed by atoms with E-state index in [4.69, 9.17) is 4.74 Å². The van der Waals surface area contributed by atoms with Gasteiger partial charge in [0.05, 0.1) is 12.2 Å². The van der Waals surface area contributed by atoms with E-state index >= 15 is 0 Å². The van der Waals surface area contributed by atoms with Crippen molar-refractivity contribution in [1.29, 1.82) is 0 Å². The number of carbonyl (C=O) groups is 1. The Bertz CT molecular complexity index is 303. The van der Waals surface area contributed by atoms with Crippen molar-refractivity contribution in [3.05, 3.63) is 0 Å². The van der Waals surface area contributed by atoms with Crippen molar-refractivity contribution >= 4 is 5.91 Å². The summed E-state index contributed by atoms with van der Waals surface area (Å²) in [6.45, 7) is 5.57. The first kappa shape index (κ1) is 14.8. The highest BCUT2D eigenvalue weighted by molar-refractivity contribution is 5.77. The van der Waals surface area contributed by atoms with Gasteiger partial charge in [-0.15, -0.1) is 0 Å². The van der Waals surface area contributed by atoms with Gasteiger partial charge in [0.1, 0.15) is 0 Å². The van der Waals surface area contributed by atoms with E-state index in [0.717, 1.165) is 25.9 Å². The second-order valence-corrected chi connectivity index (χ2v) is 6.32. The molecule has 2 atom stereocenters. The normalized spacial score (nSPS) is 31.2. The Labute approximate surface area is 116 Å². The van der Waals surface area contributed by atoms with Gasteiger partial charge in [-0.1, -0.05) is 19.3 Å². The lowest BCUT2D eigenvalue weighted by atomic mass is 9.79. The molecule has 2 unspecified atom stereocenters. The van der Waals surface area contributed by atoms with Gasteiger partial charge in [-0.05, 0) is 33.7 Å². The average Bonchev–Trinajstić information content (AvgIpc) is 2.38. The number of hydrogen-bond acceptors (Lipinski definition) is 3. The van der Waals surface area contributed by atoms with Crippen LogP contribution in [0.4, 0.5) is 0 Å². The molecule has 1 N–H and O–H groups in total. The van der Waals surface area contributed by atoms with Gasteiger partial charge in [-0.25, -0.2) is 0 Å². The van der Waals surface area contributed by atoms with Gasteiger partial charge in [0.15, 0.2) is 0 Å². The summed E-state index contributed by atoms with van der Waals surface area (Å²) in [5.74, 6) is 0.290. The Kier molecular flexibility index (Phi) is 4.85. The summed E-state index contributed by atoms with van der Waals surface area (Å²) < 4.78 is 5.70. The highest BCUT2D eigenvalue weighted by Gasteiger charge is 2.35. The summed E-state index contributed by atoms with van der Waals surface area (Å²) in [6.07, 6.45) is 7.00. The molecule has 0 bridgehead atoms. The molecule has 2 aliphatic rings. The lowest BCUT2D eigenvalue weighted by molar-refractivity contribution is -0.145. The zero-order valence-electron chi connectivity index (χ0n) is 12.6. The topological polar surface area (TPSA) is 41.6 Å². The van der Waals surface area contributed by atoms with Crippen LogP contribution in [0.5, 0.6) is 0 Å². The van der Waals surface area contributed by atoms with Gasteiger partial charge in [0, 0.05) is 25.0 Å². The number of nitrogens with zero attached hydrogens (tertiary/aromatic N) is 1. The van der Waals surface area contributed by atoms with Crippen molar-refractivity contribution in [3.8, 4) is 0 Å². The van der Waals surface area contributed by atoms with E-state index in [2.05, 4.69) is 5.32 Å². The van der Waals surface area contributed by atoms with Gasteiger partial charge in [-0.3, -0.25) is 4.79 Å². The molecule has 0 aromatic heterocycles. The molecule has 19 heavy (non-hydrogen) atoms. The number of carbonyl (C=O) groups excluding carboxylic acids is 1. The van der Waals surface area contributed by atoms with Crippen LogP contribution in [0.1, 0.15) is 52.4 Å². The molecule has 0 radical (unpaired) electrons. The first-order valence-electron chi connectivity index (χ1n) is 7.67.